The summed E-state index contributed by atoms with van der Waals surface area (Å²) in [5.41, 5.74) is 5.21. The van der Waals surface area contributed by atoms with E-state index in [1.807, 2.05) is 0 Å². The molecule has 0 amide bonds. The van der Waals surface area contributed by atoms with Crippen molar-refractivity contribution in [2.45, 2.75) is 52.9 Å². The van der Waals surface area contributed by atoms with Crippen LogP contribution in [-0.4, -0.2) is 12.1 Å². The lowest BCUT2D eigenvalue weighted by atomic mass is 10.0. The van der Waals surface area contributed by atoms with Crippen molar-refractivity contribution in [3.63, 3.8) is 0 Å². The van der Waals surface area contributed by atoms with Crippen LogP contribution < -0.4 is 10.6 Å². The summed E-state index contributed by atoms with van der Waals surface area (Å²) in [7, 11) is 0. The average Bonchev–Trinajstić information content (AvgIpc) is 2.52. The molecule has 22 heavy (non-hydrogen) atoms. The molecule has 0 aliphatic rings. The molecule has 0 bridgehead atoms. The van der Waals surface area contributed by atoms with Gasteiger partial charge in [-0.05, 0) is 22.3 Å². The summed E-state index contributed by atoms with van der Waals surface area (Å²) in [5, 5.41) is 6.89. The summed E-state index contributed by atoms with van der Waals surface area (Å²) in [6.07, 6.45) is 0. The van der Waals surface area contributed by atoms with Crippen molar-refractivity contribution in [1.82, 2.24) is 10.6 Å². The fourth-order valence-electron chi connectivity index (χ4n) is 2.27. The first-order valence-electron chi connectivity index (χ1n) is 8.19. The molecule has 2 aromatic rings. The Balaban J connectivity index is 1.99. The summed E-state index contributed by atoms with van der Waals surface area (Å²) in [6, 6.07) is 18.7. The minimum Gasteiger partial charge on any atom is -0.310 e. The van der Waals surface area contributed by atoms with E-state index in [1.165, 1.54) is 22.3 Å². The van der Waals surface area contributed by atoms with E-state index in [0.29, 0.717) is 12.1 Å². The van der Waals surface area contributed by atoms with Gasteiger partial charge in [-0.25, -0.2) is 0 Å². The summed E-state index contributed by atoms with van der Waals surface area (Å²) >= 11 is 0. The molecule has 0 fully saturated rings. The SMILES string of the molecule is CC(C)NCc1ccc(-c2ccc(CNC(C)C)cc2)cc1. The Hall–Kier alpha value is -1.64. The van der Waals surface area contributed by atoms with Gasteiger partial charge in [-0.2, -0.15) is 0 Å². The number of hydrogen-bond acceptors (Lipinski definition) is 2. The van der Waals surface area contributed by atoms with Crippen LogP contribution in [0.2, 0.25) is 0 Å². The van der Waals surface area contributed by atoms with E-state index in [2.05, 4.69) is 86.9 Å². The van der Waals surface area contributed by atoms with Crippen LogP contribution in [0, 0.1) is 0 Å². The topological polar surface area (TPSA) is 24.1 Å². The molecule has 0 radical (unpaired) electrons. The molecule has 0 aliphatic carbocycles. The average molecular weight is 296 g/mol. The normalized spacial score (nSPS) is 11.4. The Morgan fingerprint density at radius 2 is 0.909 bits per heavy atom. The maximum Gasteiger partial charge on any atom is 0.0207 e. The zero-order chi connectivity index (χ0) is 15.9. The van der Waals surface area contributed by atoms with Gasteiger partial charge in [0.25, 0.3) is 0 Å². The summed E-state index contributed by atoms with van der Waals surface area (Å²) < 4.78 is 0. The van der Waals surface area contributed by atoms with Crippen molar-refractivity contribution in [2.24, 2.45) is 0 Å². The largest absolute Gasteiger partial charge is 0.310 e. The van der Waals surface area contributed by atoms with E-state index >= 15 is 0 Å². The second-order valence-electron chi connectivity index (χ2n) is 6.47. The Bertz CT molecular complexity index is 500. The highest BCUT2D eigenvalue weighted by atomic mass is 14.9. The van der Waals surface area contributed by atoms with Crippen molar-refractivity contribution < 1.29 is 0 Å². The van der Waals surface area contributed by atoms with Gasteiger partial charge in [0, 0.05) is 25.2 Å². The second-order valence-corrected chi connectivity index (χ2v) is 6.47. The van der Waals surface area contributed by atoms with Crippen molar-refractivity contribution in [1.29, 1.82) is 0 Å². The second kappa shape index (κ2) is 8.11. The standard InChI is InChI=1S/C20H28N2/c1-15(2)21-13-17-5-9-19(10-6-17)20-11-7-18(8-12-20)14-22-16(3)4/h5-12,15-16,21-22H,13-14H2,1-4H3. The van der Waals surface area contributed by atoms with Crippen LogP contribution >= 0.6 is 0 Å². The number of benzene rings is 2. The van der Waals surface area contributed by atoms with E-state index in [-0.39, 0.29) is 0 Å². The monoisotopic (exact) mass is 296 g/mol. The van der Waals surface area contributed by atoms with Crippen molar-refractivity contribution in [2.75, 3.05) is 0 Å². The highest BCUT2D eigenvalue weighted by Crippen LogP contribution is 2.20. The molecule has 0 spiro atoms. The molecule has 0 saturated carbocycles. The lowest BCUT2D eigenvalue weighted by molar-refractivity contribution is 0.589. The molecule has 0 aromatic heterocycles. The summed E-state index contributed by atoms with van der Waals surface area (Å²) in [6.45, 7) is 10.5. The molecule has 0 unspecified atom stereocenters. The smallest absolute Gasteiger partial charge is 0.0207 e. The van der Waals surface area contributed by atoms with Crippen molar-refractivity contribution in [3.8, 4) is 11.1 Å². The van der Waals surface area contributed by atoms with Crippen LogP contribution in [0.4, 0.5) is 0 Å². The van der Waals surface area contributed by atoms with Gasteiger partial charge in [-0.3, -0.25) is 0 Å². The highest BCUT2D eigenvalue weighted by Gasteiger charge is 2.01. The molecule has 0 aliphatic heterocycles. The van der Waals surface area contributed by atoms with E-state index < -0.39 is 0 Å². The number of rotatable bonds is 7. The van der Waals surface area contributed by atoms with E-state index in [1.54, 1.807) is 0 Å². The molecule has 2 rings (SSSR count). The van der Waals surface area contributed by atoms with Gasteiger partial charge in [-0.1, -0.05) is 76.2 Å². The minimum atomic E-state index is 0.520. The molecule has 2 N–H and O–H groups in total. The third kappa shape index (κ3) is 5.28. The number of hydrogen-bond donors (Lipinski definition) is 2. The number of nitrogens with one attached hydrogen (secondary N) is 2. The fourth-order valence-corrected chi connectivity index (χ4v) is 2.27. The van der Waals surface area contributed by atoms with Gasteiger partial charge < -0.3 is 10.6 Å². The third-order valence-electron chi connectivity index (χ3n) is 3.67. The quantitative estimate of drug-likeness (QED) is 0.794. The van der Waals surface area contributed by atoms with Gasteiger partial charge in [0.1, 0.15) is 0 Å². The molecule has 118 valence electrons. The first-order valence-corrected chi connectivity index (χ1v) is 8.19. The molecule has 0 atom stereocenters. The lowest BCUT2D eigenvalue weighted by Gasteiger charge is -2.10. The van der Waals surface area contributed by atoms with Crippen LogP contribution in [0.1, 0.15) is 38.8 Å². The first kappa shape index (κ1) is 16.7. The van der Waals surface area contributed by atoms with E-state index in [9.17, 15) is 0 Å². The zero-order valence-electron chi connectivity index (χ0n) is 14.2. The summed E-state index contributed by atoms with van der Waals surface area (Å²) in [4.78, 5) is 0. The predicted molar refractivity (Wildman–Crippen MR) is 95.8 cm³/mol. The Morgan fingerprint density at radius 1 is 0.591 bits per heavy atom. The molecular weight excluding hydrogens is 268 g/mol. The fraction of sp³-hybridized carbons (Fsp3) is 0.400. The molecule has 2 heteroatoms. The first-order chi connectivity index (χ1) is 10.5. The minimum absolute atomic E-state index is 0.520. The lowest BCUT2D eigenvalue weighted by Crippen LogP contribution is -2.21. The van der Waals surface area contributed by atoms with Gasteiger partial charge in [0.15, 0.2) is 0 Å². The molecule has 0 heterocycles. The Kier molecular flexibility index (Phi) is 6.17. The van der Waals surface area contributed by atoms with Crippen molar-refractivity contribution in [3.05, 3.63) is 59.7 Å². The Labute approximate surface area is 135 Å². The van der Waals surface area contributed by atoms with Crippen LogP contribution in [0.5, 0.6) is 0 Å². The molecule has 0 saturated heterocycles. The van der Waals surface area contributed by atoms with Crippen LogP contribution in [0.15, 0.2) is 48.5 Å². The van der Waals surface area contributed by atoms with E-state index in [4.69, 9.17) is 0 Å². The van der Waals surface area contributed by atoms with Crippen molar-refractivity contribution >= 4 is 0 Å². The molecule has 2 nitrogen and oxygen atoms in total. The van der Waals surface area contributed by atoms with E-state index in [0.717, 1.165) is 13.1 Å². The molecular formula is C20H28N2. The Morgan fingerprint density at radius 3 is 1.18 bits per heavy atom. The zero-order valence-corrected chi connectivity index (χ0v) is 14.2. The third-order valence-corrected chi connectivity index (χ3v) is 3.67. The highest BCUT2D eigenvalue weighted by molar-refractivity contribution is 5.63. The summed E-state index contributed by atoms with van der Waals surface area (Å²) in [5.74, 6) is 0. The maximum atomic E-state index is 3.44. The predicted octanol–water partition coefficient (Wildman–Crippen LogP) is 4.35. The molecule has 2 aromatic carbocycles. The van der Waals surface area contributed by atoms with Gasteiger partial charge in [-0.15, -0.1) is 0 Å². The maximum absolute atomic E-state index is 3.44. The van der Waals surface area contributed by atoms with Crippen LogP contribution in [0.25, 0.3) is 11.1 Å². The van der Waals surface area contributed by atoms with Gasteiger partial charge in [0.05, 0.1) is 0 Å². The van der Waals surface area contributed by atoms with Gasteiger partial charge >= 0.3 is 0 Å². The van der Waals surface area contributed by atoms with Gasteiger partial charge in [0.2, 0.25) is 0 Å². The van der Waals surface area contributed by atoms with Crippen LogP contribution in [0.3, 0.4) is 0 Å². The van der Waals surface area contributed by atoms with Crippen LogP contribution in [-0.2, 0) is 13.1 Å².